The van der Waals surface area contributed by atoms with Gasteiger partial charge in [-0.05, 0) is 42.8 Å². The Kier molecular flexibility index (Phi) is 4.02. The molecule has 108 valence electrons. The van der Waals surface area contributed by atoms with Crippen molar-refractivity contribution >= 4 is 10.8 Å². The number of rotatable bonds is 5. The van der Waals surface area contributed by atoms with Gasteiger partial charge in [0.1, 0.15) is 0 Å². The molecule has 0 bridgehead atoms. The third kappa shape index (κ3) is 2.69. The van der Waals surface area contributed by atoms with E-state index in [2.05, 4.69) is 70.6 Å². The molecule has 0 saturated heterocycles. The van der Waals surface area contributed by atoms with Crippen LogP contribution in [0.5, 0.6) is 0 Å². The Morgan fingerprint density at radius 1 is 1.10 bits per heavy atom. The number of hydrogen-bond acceptors (Lipinski definition) is 2. The van der Waals surface area contributed by atoms with Crippen LogP contribution in [0.25, 0.3) is 10.8 Å². The lowest BCUT2D eigenvalue weighted by molar-refractivity contribution is 0.514. The third-order valence-electron chi connectivity index (χ3n) is 4.06. The Morgan fingerprint density at radius 2 is 1.90 bits per heavy atom. The van der Waals surface area contributed by atoms with Gasteiger partial charge < -0.3 is 5.32 Å². The fourth-order valence-electron chi connectivity index (χ4n) is 2.95. The zero-order valence-electron chi connectivity index (χ0n) is 12.6. The summed E-state index contributed by atoms with van der Waals surface area (Å²) in [5.74, 6) is 0. The Labute approximate surface area is 125 Å². The highest BCUT2D eigenvalue weighted by Crippen LogP contribution is 2.24. The molecule has 0 aliphatic carbocycles. The Bertz CT molecular complexity index is 725. The molecule has 0 aliphatic heterocycles. The molecule has 0 spiro atoms. The molecule has 2 aromatic carbocycles. The van der Waals surface area contributed by atoms with Gasteiger partial charge in [-0.25, -0.2) is 0 Å². The second-order valence-electron chi connectivity index (χ2n) is 5.26. The molecule has 0 fully saturated rings. The topological polar surface area (TPSA) is 29.9 Å². The summed E-state index contributed by atoms with van der Waals surface area (Å²) >= 11 is 0. The first-order valence-electron chi connectivity index (χ1n) is 7.49. The minimum absolute atomic E-state index is 0.276. The van der Waals surface area contributed by atoms with Crippen LogP contribution in [0.1, 0.15) is 24.2 Å². The monoisotopic (exact) mass is 279 g/mol. The van der Waals surface area contributed by atoms with Crippen molar-refractivity contribution in [3.63, 3.8) is 0 Å². The van der Waals surface area contributed by atoms with Gasteiger partial charge >= 0.3 is 0 Å². The fraction of sp³-hybridized carbons (Fsp3) is 0.278. The lowest BCUT2D eigenvalue weighted by Crippen LogP contribution is -2.22. The fourth-order valence-corrected chi connectivity index (χ4v) is 2.95. The quantitative estimate of drug-likeness (QED) is 0.774. The van der Waals surface area contributed by atoms with Crippen molar-refractivity contribution in [2.24, 2.45) is 0 Å². The Balaban J connectivity index is 1.96. The molecule has 1 aromatic heterocycles. The smallest absolute Gasteiger partial charge is 0.0556 e. The molecule has 0 saturated carbocycles. The molecule has 1 unspecified atom stereocenters. The molecular weight excluding hydrogens is 258 g/mol. The molecule has 1 atom stereocenters. The average molecular weight is 279 g/mol. The van der Waals surface area contributed by atoms with Gasteiger partial charge in [0.05, 0.1) is 11.7 Å². The van der Waals surface area contributed by atoms with Crippen LogP contribution in [0.4, 0.5) is 0 Å². The van der Waals surface area contributed by atoms with Gasteiger partial charge in [0.15, 0.2) is 0 Å². The SMILES string of the molecule is CCn1nccc1C(Cc1cccc2ccccc12)NC. The second kappa shape index (κ2) is 6.10. The maximum atomic E-state index is 4.38. The molecule has 1 heterocycles. The van der Waals surface area contributed by atoms with Crippen LogP contribution in [-0.2, 0) is 13.0 Å². The van der Waals surface area contributed by atoms with Gasteiger partial charge in [0.2, 0.25) is 0 Å². The summed E-state index contributed by atoms with van der Waals surface area (Å²) in [6, 6.07) is 17.5. The molecule has 1 N–H and O–H groups in total. The average Bonchev–Trinajstić information content (AvgIpc) is 3.01. The third-order valence-corrected chi connectivity index (χ3v) is 4.06. The molecular formula is C18H21N3. The van der Waals surface area contributed by atoms with Crippen molar-refractivity contribution in [3.8, 4) is 0 Å². The Hall–Kier alpha value is -2.13. The van der Waals surface area contributed by atoms with E-state index in [1.165, 1.54) is 22.0 Å². The van der Waals surface area contributed by atoms with E-state index in [4.69, 9.17) is 0 Å². The Morgan fingerprint density at radius 3 is 2.71 bits per heavy atom. The summed E-state index contributed by atoms with van der Waals surface area (Å²) < 4.78 is 2.06. The number of aromatic nitrogens is 2. The van der Waals surface area contributed by atoms with E-state index in [0.717, 1.165) is 13.0 Å². The van der Waals surface area contributed by atoms with E-state index in [-0.39, 0.29) is 6.04 Å². The highest BCUT2D eigenvalue weighted by molar-refractivity contribution is 5.85. The number of hydrogen-bond donors (Lipinski definition) is 1. The normalized spacial score (nSPS) is 12.7. The second-order valence-corrected chi connectivity index (χ2v) is 5.26. The highest BCUT2D eigenvalue weighted by atomic mass is 15.3. The van der Waals surface area contributed by atoms with Crippen LogP contribution in [-0.4, -0.2) is 16.8 Å². The summed E-state index contributed by atoms with van der Waals surface area (Å²) in [6.07, 6.45) is 2.84. The van der Waals surface area contributed by atoms with E-state index in [1.54, 1.807) is 0 Å². The predicted octanol–water partition coefficient (Wildman–Crippen LogP) is 3.56. The van der Waals surface area contributed by atoms with Crippen molar-refractivity contribution in [3.05, 3.63) is 66.0 Å². The zero-order valence-corrected chi connectivity index (χ0v) is 12.6. The maximum Gasteiger partial charge on any atom is 0.0556 e. The molecule has 3 heteroatoms. The van der Waals surface area contributed by atoms with Crippen molar-refractivity contribution in [2.75, 3.05) is 7.05 Å². The summed E-state index contributed by atoms with van der Waals surface area (Å²) in [4.78, 5) is 0. The first kappa shape index (κ1) is 13.8. The number of nitrogens with zero attached hydrogens (tertiary/aromatic N) is 2. The van der Waals surface area contributed by atoms with E-state index in [0.29, 0.717) is 0 Å². The van der Waals surface area contributed by atoms with Crippen molar-refractivity contribution in [2.45, 2.75) is 25.9 Å². The zero-order chi connectivity index (χ0) is 14.7. The van der Waals surface area contributed by atoms with Crippen LogP contribution in [0.2, 0.25) is 0 Å². The molecule has 3 aromatic rings. The first-order chi connectivity index (χ1) is 10.3. The van der Waals surface area contributed by atoms with E-state index in [9.17, 15) is 0 Å². The van der Waals surface area contributed by atoms with Crippen LogP contribution >= 0.6 is 0 Å². The lowest BCUT2D eigenvalue weighted by atomic mass is 9.97. The number of aryl methyl sites for hydroxylation is 1. The van der Waals surface area contributed by atoms with Crippen LogP contribution in [0, 0.1) is 0 Å². The van der Waals surface area contributed by atoms with Crippen LogP contribution < -0.4 is 5.32 Å². The standard InChI is InChI=1S/C18H21N3/c1-3-21-18(11-12-20-21)17(19-2)13-15-9-6-8-14-7-4-5-10-16(14)15/h4-12,17,19H,3,13H2,1-2H3. The molecule has 0 aliphatic rings. The van der Waals surface area contributed by atoms with Gasteiger partial charge in [-0.15, -0.1) is 0 Å². The van der Waals surface area contributed by atoms with Crippen molar-refractivity contribution in [1.82, 2.24) is 15.1 Å². The van der Waals surface area contributed by atoms with Crippen LogP contribution in [0.3, 0.4) is 0 Å². The summed E-state index contributed by atoms with van der Waals surface area (Å²) in [5, 5.41) is 10.5. The minimum atomic E-state index is 0.276. The van der Waals surface area contributed by atoms with Gasteiger partial charge in [0, 0.05) is 12.7 Å². The van der Waals surface area contributed by atoms with E-state index < -0.39 is 0 Å². The highest BCUT2D eigenvalue weighted by Gasteiger charge is 2.15. The summed E-state index contributed by atoms with van der Waals surface area (Å²) in [6.45, 7) is 3.02. The largest absolute Gasteiger partial charge is 0.311 e. The maximum absolute atomic E-state index is 4.38. The molecule has 3 nitrogen and oxygen atoms in total. The predicted molar refractivity (Wildman–Crippen MR) is 87.4 cm³/mol. The number of likely N-dealkylation sites (N-methyl/N-ethyl adjacent to an activating group) is 1. The molecule has 0 radical (unpaired) electrons. The molecule has 21 heavy (non-hydrogen) atoms. The van der Waals surface area contributed by atoms with Crippen LogP contribution in [0.15, 0.2) is 54.7 Å². The van der Waals surface area contributed by atoms with Gasteiger partial charge in [0.25, 0.3) is 0 Å². The summed E-state index contributed by atoms with van der Waals surface area (Å²) in [5.41, 5.74) is 2.62. The number of benzene rings is 2. The first-order valence-corrected chi connectivity index (χ1v) is 7.49. The summed E-state index contributed by atoms with van der Waals surface area (Å²) in [7, 11) is 2.02. The number of nitrogens with one attached hydrogen (secondary N) is 1. The van der Waals surface area contributed by atoms with E-state index >= 15 is 0 Å². The number of fused-ring (bicyclic) bond motifs is 1. The molecule has 0 amide bonds. The molecule has 3 rings (SSSR count). The minimum Gasteiger partial charge on any atom is -0.311 e. The van der Waals surface area contributed by atoms with Gasteiger partial charge in [-0.3, -0.25) is 4.68 Å². The van der Waals surface area contributed by atoms with Crippen molar-refractivity contribution in [1.29, 1.82) is 0 Å². The van der Waals surface area contributed by atoms with E-state index in [1.807, 2.05) is 13.2 Å². The van der Waals surface area contributed by atoms with Gasteiger partial charge in [-0.2, -0.15) is 5.10 Å². The lowest BCUT2D eigenvalue weighted by Gasteiger charge is -2.18. The van der Waals surface area contributed by atoms with Gasteiger partial charge in [-0.1, -0.05) is 42.5 Å². The van der Waals surface area contributed by atoms with Crippen molar-refractivity contribution < 1.29 is 0 Å².